The second-order valence-electron chi connectivity index (χ2n) is 2.03. The molecule has 0 aromatic heterocycles. The van der Waals surface area contributed by atoms with Crippen molar-refractivity contribution >= 4 is 0 Å². The molecule has 1 nitrogen and oxygen atoms in total. The van der Waals surface area contributed by atoms with Gasteiger partial charge < -0.3 is 0 Å². The topological polar surface area (TPSA) is 3.24 Å². The highest BCUT2D eigenvalue weighted by Gasteiger charge is 2.41. The first-order valence-electron chi connectivity index (χ1n) is 2.16. The average Bonchev–Trinajstić information content (AvgIpc) is 1.27. The van der Waals surface area contributed by atoms with Crippen LogP contribution in [0.5, 0.6) is 0 Å². The molecule has 0 unspecified atom stereocenters. The maximum absolute atomic E-state index is 11.7. The Morgan fingerprint density at radius 3 is 1.86 bits per heavy atom. The Labute approximate surface area is 40.9 Å². The minimum atomic E-state index is -2.38. The van der Waals surface area contributed by atoms with Crippen LogP contribution in [0.2, 0.25) is 0 Å². The number of halogens is 2. The fourth-order valence-electron chi connectivity index (χ4n) is 0.743. The van der Waals surface area contributed by atoms with Gasteiger partial charge in [0.1, 0.15) is 0 Å². The molecule has 1 saturated heterocycles. The Morgan fingerprint density at radius 1 is 1.43 bits per heavy atom. The van der Waals surface area contributed by atoms with Gasteiger partial charge in [0.2, 0.25) is 0 Å². The second kappa shape index (κ2) is 1.15. The fourth-order valence-corrected chi connectivity index (χ4v) is 0.743. The van der Waals surface area contributed by atoms with Gasteiger partial charge in [0.25, 0.3) is 5.92 Å². The molecule has 1 aliphatic rings. The Morgan fingerprint density at radius 2 is 1.86 bits per heavy atom. The summed E-state index contributed by atoms with van der Waals surface area (Å²) in [5.74, 6) is -2.38. The monoisotopic (exact) mass is 107 g/mol. The van der Waals surface area contributed by atoms with Crippen LogP contribution in [0.15, 0.2) is 0 Å². The van der Waals surface area contributed by atoms with Crippen molar-refractivity contribution in [1.29, 1.82) is 0 Å². The van der Waals surface area contributed by atoms with Gasteiger partial charge in [0.05, 0.1) is 13.1 Å². The van der Waals surface area contributed by atoms with Gasteiger partial charge in [-0.15, -0.1) is 0 Å². The van der Waals surface area contributed by atoms with E-state index >= 15 is 0 Å². The molecular formula is C4H7F2N. The van der Waals surface area contributed by atoms with E-state index in [-0.39, 0.29) is 13.1 Å². The highest BCUT2D eigenvalue weighted by molar-refractivity contribution is 4.83. The maximum atomic E-state index is 11.7. The predicted molar refractivity (Wildman–Crippen MR) is 22.4 cm³/mol. The molecule has 0 atom stereocenters. The molecule has 1 aliphatic heterocycles. The average molecular weight is 107 g/mol. The predicted octanol–water partition coefficient (Wildman–Crippen LogP) is 0.567. The second-order valence-corrected chi connectivity index (χ2v) is 2.03. The third-order valence-corrected chi connectivity index (χ3v) is 1.00. The molecule has 3 heteroatoms. The first-order chi connectivity index (χ1) is 3.10. The van der Waals surface area contributed by atoms with Crippen molar-refractivity contribution in [2.45, 2.75) is 5.92 Å². The van der Waals surface area contributed by atoms with Gasteiger partial charge in [0, 0.05) is 0 Å². The minimum Gasteiger partial charge on any atom is -0.295 e. The lowest BCUT2D eigenvalue weighted by atomic mass is 10.2. The molecule has 0 aromatic rings. The summed E-state index contributed by atoms with van der Waals surface area (Å²) < 4.78 is 23.5. The first kappa shape index (κ1) is 4.97. The zero-order valence-electron chi connectivity index (χ0n) is 4.12. The third-order valence-electron chi connectivity index (χ3n) is 1.00. The summed E-state index contributed by atoms with van der Waals surface area (Å²) in [7, 11) is 1.68. The lowest BCUT2D eigenvalue weighted by Gasteiger charge is -2.35. The van der Waals surface area contributed by atoms with Crippen molar-refractivity contribution in [3.05, 3.63) is 0 Å². The van der Waals surface area contributed by atoms with E-state index < -0.39 is 5.92 Å². The van der Waals surface area contributed by atoms with Crippen LogP contribution in [0, 0.1) is 0 Å². The third kappa shape index (κ3) is 0.881. The minimum absolute atomic E-state index is 0.0625. The van der Waals surface area contributed by atoms with E-state index in [0.717, 1.165) is 0 Å². The highest BCUT2D eigenvalue weighted by Crippen LogP contribution is 2.23. The van der Waals surface area contributed by atoms with Gasteiger partial charge in [-0.05, 0) is 7.05 Å². The molecule has 0 spiro atoms. The molecule has 0 bridgehead atoms. The fraction of sp³-hybridized carbons (Fsp3) is 1.00. The zero-order valence-corrected chi connectivity index (χ0v) is 4.12. The Bertz CT molecular complexity index is 73.8. The number of alkyl halides is 2. The number of rotatable bonds is 0. The summed E-state index contributed by atoms with van der Waals surface area (Å²) in [5, 5.41) is 0. The molecule has 7 heavy (non-hydrogen) atoms. The van der Waals surface area contributed by atoms with Crippen LogP contribution in [0.4, 0.5) is 8.78 Å². The van der Waals surface area contributed by atoms with Crippen molar-refractivity contribution in [2.75, 3.05) is 20.1 Å². The van der Waals surface area contributed by atoms with Crippen molar-refractivity contribution in [1.82, 2.24) is 4.90 Å². The quantitative estimate of drug-likeness (QED) is 0.437. The van der Waals surface area contributed by atoms with Gasteiger partial charge in [-0.25, -0.2) is 8.78 Å². The number of nitrogens with zero attached hydrogens (tertiary/aromatic N) is 1. The largest absolute Gasteiger partial charge is 0.295 e. The van der Waals surface area contributed by atoms with Gasteiger partial charge in [0.15, 0.2) is 0 Å². The molecular weight excluding hydrogens is 100 g/mol. The molecule has 0 amide bonds. The summed E-state index contributed by atoms with van der Waals surface area (Å²) in [6, 6.07) is 0. The summed E-state index contributed by atoms with van der Waals surface area (Å²) in [6.45, 7) is -0.125. The normalized spacial score (nSPS) is 29.6. The molecule has 0 saturated carbocycles. The summed E-state index contributed by atoms with van der Waals surface area (Å²) in [4.78, 5) is 1.58. The van der Waals surface area contributed by atoms with E-state index in [1.54, 1.807) is 11.9 Å². The molecule has 42 valence electrons. The van der Waals surface area contributed by atoms with E-state index in [1.807, 2.05) is 0 Å². The zero-order chi connectivity index (χ0) is 5.49. The van der Waals surface area contributed by atoms with E-state index in [1.165, 1.54) is 0 Å². The molecule has 0 N–H and O–H groups in total. The number of hydrogen-bond donors (Lipinski definition) is 0. The van der Waals surface area contributed by atoms with Crippen molar-refractivity contribution in [3.8, 4) is 0 Å². The molecule has 0 radical (unpaired) electrons. The Balaban J connectivity index is 2.29. The van der Waals surface area contributed by atoms with E-state index in [4.69, 9.17) is 0 Å². The van der Waals surface area contributed by atoms with Gasteiger partial charge in [-0.1, -0.05) is 0 Å². The van der Waals surface area contributed by atoms with Crippen molar-refractivity contribution in [2.24, 2.45) is 0 Å². The van der Waals surface area contributed by atoms with E-state index in [9.17, 15) is 8.78 Å². The highest BCUT2D eigenvalue weighted by atomic mass is 19.3. The molecule has 0 aliphatic carbocycles. The van der Waals surface area contributed by atoms with Crippen LogP contribution in [-0.4, -0.2) is 31.0 Å². The van der Waals surface area contributed by atoms with Crippen LogP contribution in [0.25, 0.3) is 0 Å². The smallest absolute Gasteiger partial charge is 0.272 e. The number of hydrogen-bond acceptors (Lipinski definition) is 1. The Hall–Kier alpha value is -0.180. The summed E-state index contributed by atoms with van der Waals surface area (Å²) in [6.07, 6.45) is 0. The van der Waals surface area contributed by atoms with Crippen LogP contribution < -0.4 is 0 Å². The molecule has 1 heterocycles. The molecule has 0 aromatic carbocycles. The standard InChI is InChI=1S/C4H7F2N/c1-7-2-4(5,6)3-7/h2-3H2,1H3. The van der Waals surface area contributed by atoms with Gasteiger partial charge >= 0.3 is 0 Å². The SMILES string of the molecule is CN1CC(F)(F)C1. The molecule has 1 fully saturated rings. The van der Waals surface area contributed by atoms with Crippen LogP contribution in [0.3, 0.4) is 0 Å². The van der Waals surface area contributed by atoms with E-state index in [2.05, 4.69) is 0 Å². The summed E-state index contributed by atoms with van der Waals surface area (Å²) >= 11 is 0. The lowest BCUT2D eigenvalue weighted by molar-refractivity contribution is -0.119. The van der Waals surface area contributed by atoms with Gasteiger partial charge in [-0.2, -0.15) is 0 Å². The molecule has 1 rings (SSSR count). The van der Waals surface area contributed by atoms with Crippen molar-refractivity contribution in [3.63, 3.8) is 0 Å². The van der Waals surface area contributed by atoms with Crippen LogP contribution in [-0.2, 0) is 0 Å². The van der Waals surface area contributed by atoms with Gasteiger partial charge in [-0.3, -0.25) is 4.90 Å². The van der Waals surface area contributed by atoms with E-state index in [0.29, 0.717) is 0 Å². The maximum Gasteiger partial charge on any atom is 0.272 e. The Kier molecular flexibility index (Phi) is 0.819. The first-order valence-corrected chi connectivity index (χ1v) is 2.16. The summed E-state index contributed by atoms with van der Waals surface area (Å²) in [5.41, 5.74) is 0. The van der Waals surface area contributed by atoms with Crippen LogP contribution >= 0.6 is 0 Å². The van der Waals surface area contributed by atoms with Crippen molar-refractivity contribution < 1.29 is 8.78 Å². The number of likely N-dealkylation sites (tertiary alicyclic amines) is 1. The van der Waals surface area contributed by atoms with Crippen LogP contribution in [0.1, 0.15) is 0 Å². The lowest BCUT2D eigenvalue weighted by Crippen LogP contribution is -2.53.